The quantitative estimate of drug-likeness (QED) is 0.224. The van der Waals surface area contributed by atoms with E-state index in [1.54, 1.807) is 0 Å². The zero-order valence-corrected chi connectivity index (χ0v) is 16.5. The van der Waals surface area contributed by atoms with Crippen molar-refractivity contribution >= 4 is 42.4 Å². The van der Waals surface area contributed by atoms with Crippen molar-refractivity contribution in [3.63, 3.8) is 0 Å². The fraction of sp³-hybridized carbons (Fsp3) is 0.0400. The highest BCUT2D eigenvalue weighted by atomic mass is 32.2. The maximum atomic E-state index is 2.31. The number of fused-ring (bicyclic) bond motifs is 3. The van der Waals surface area contributed by atoms with Crippen molar-refractivity contribution < 1.29 is 0 Å². The molecule has 0 N–H and O–H groups in total. The monoisotopic (exact) mass is 383 g/mol. The molecule has 0 saturated heterocycles. The molecule has 0 bridgehead atoms. The molecule has 0 saturated carbocycles. The summed E-state index contributed by atoms with van der Waals surface area (Å²) in [5.41, 5.74) is 1.37. The third-order valence-electron chi connectivity index (χ3n) is 4.81. The van der Waals surface area contributed by atoms with E-state index in [1.165, 1.54) is 35.5 Å². The van der Waals surface area contributed by atoms with Crippen molar-refractivity contribution in [3.8, 4) is 4.90 Å². The van der Waals surface area contributed by atoms with Gasteiger partial charge in [0.25, 0.3) is 0 Å². The van der Waals surface area contributed by atoms with Gasteiger partial charge in [-0.3, -0.25) is 0 Å². The van der Waals surface area contributed by atoms with Crippen molar-refractivity contribution in [1.29, 1.82) is 0 Å². The molecule has 5 rings (SSSR count). The molecule has 1 heterocycles. The molecule has 27 heavy (non-hydrogen) atoms. The zero-order valence-electron chi connectivity index (χ0n) is 14.8. The van der Waals surface area contributed by atoms with E-state index >= 15 is 0 Å². The third-order valence-corrected chi connectivity index (χ3v) is 8.23. The lowest BCUT2D eigenvalue weighted by atomic mass is 10.2. The van der Waals surface area contributed by atoms with Crippen LogP contribution in [0.4, 0.5) is 0 Å². The Morgan fingerprint density at radius 1 is 0.556 bits per heavy atom. The second-order valence-electron chi connectivity index (χ2n) is 6.54. The van der Waals surface area contributed by atoms with E-state index < -0.39 is 0 Å². The van der Waals surface area contributed by atoms with Crippen LogP contribution in [0.25, 0.3) is 25.1 Å². The predicted octanol–water partition coefficient (Wildman–Crippen LogP) is 8.02. The Bertz CT molecular complexity index is 1150. The summed E-state index contributed by atoms with van der Waals surface area (Å²) in [6, 6.07) is 37.5. The van der Waals surface area contributed by atoms with E-state index in [9.17, 15) is 0 Å². The fourth-order valence-electron chi connectivity index (χ4n) is 3.52. The molecule has 0 aliphatic rings. The molecule has 2 heteroatoms. The molecule has 5 aromatic rings. The number of benzene rings is 4. The second kappa shape index (κ2) is 7.22. The predicted molar refractivity (Wildman–Crippen MR) is 121 cm³/mol. The highest BCUT2D eigenvalue weighted by Gasteiger charge is 2.22. The van der Waals surface area contributed by atoms with Gasteiger partial charge in [-0.15, -0.1) is 11.8 Å². The first-order valence-electron chi connectivity index (χ1n) is 9.10. The number of thiophene rings is 1. The molecule has 0 fully saturated rings. The van der Waals surface area contributed by atoms with Crippen LogP contribution < -0.4 is 0 Å². The first-order chi connectivity index (χ1) is 13.4. The highest BCUT2D eigenvalue weighted by molar-refractivity contribution is 7.98. The molecular formula is C25H19S2+. The second-order valence-corrected chi connectivity index (χ2v) is 9.56. The van der Waals surface area contributed by atoms with E-state index in [4.69, 9.17) is 0 Å². The van der Waals surface area contributed by atoms with Gasteiger partial charge < -0.3 is 0 Å². The van der Waals surface area contributed by atoms with Gasteiger partial charge in [0.15, 0.2) is 14.3 Å². The summed E-state index contributed by atoms with van der Waals surface area (Å²) in [4.78, 5) is 2.73. The van der Waals surface area contributed by atoms with Crippen LogP contribution in [0, 0.1) is 0 Å². The van der Waals surface area contributed by atoms with Gasteiger partial charge in [-0.1, -0.05) is 54.6 Å². The lowest BCUT2D eigenvalue weighted by Crippen LogP contribution is -1.79. The number of hydrogen-bond donors (Lipinski definition) is 0. The van der Waals surface area contributed by atoms with Gasteiger partial charge in [0.05, 0.1) is 0 Å². The minimum Gasteiger partial charge on any atom is -0.121 e. The van der Waals surface area contributed by atoms with Crippen molar-refractivity contribution in [2.45, 2.75) is 10.6 Å². The first-order valence-corrected chi connectivity index (χ1v) is 11.3. The smallest absolute Gasteiger partial charge is 0.121 e. The van der Waals surface area contributed by atoms with Crippen LogP contribution in [0.5, 0.6) is 0 Å². The number of thioether (sulfide) groups is 1. The molecule has 0 amide bonds. The Kier molecular flexibility index (Phi) is 4.44. The van der Waals surface area contributed by atoms with E-state index in [-0.39, 0.29) is 10.5 Å². The Hall–Kier alpha value is -2.55. The normalized spacial score (nSPS) is 11.3. The summed E-state index contributed by atoms with van der Waals surface area (Å²) in [7, 11) is 0.00200. The topological polar surface area (TPSA) is 0 Å². The lowest BCUT2D eigenvalue weighted by Gasteiger charge is -2.02. The molecular weight excluding hydrogens is 364 g/mol. The van der Waals surface area contributed by atoms with Crippen molar-refractivity contribution in [3.05, 3.63) is 109 Å². The molecule has 0 nitrogen and oxygen atoms in total. The lowest BCUT2D eigenvalue weighted by molar-refractivity contribution is 1.39. The molecule has 4 aromatic carbocycles. The minimum absolute atomic E-state index is 0.00200. The van der Waals surface area contributed by atoms with Gasteiger partial charge >= 0.3 is 0 Å². The van der Waals surface area contributed by atoms with Crippen LogP contribution in [0.1, 0.15) is 5.56 Å². The maximum absolute atomic E-state index is 2.31. The van der Waals surface area contributed by atoms with E-state index in [2.05, 4.69) is 103 Å². The molecule has 0 spiro atoms. The first kappa shape index (κ1) is 16.6. The minimum atomic E-state index is 0.00200. The van der Waals surface area contributed by atoms with Gasteiger partial charge in [0, 0.05) is 31.9 Å². The van der Waals surface area contributed by atoms with Crippen LogP contribution in [-0.2, 0) is 5.75 Å². The standard InChI is InChI=1S/C25H19S2/c1-2-8-19(9-3-1)18-26-20-14-16-21(17-15-20)27-24-12-6-4-10-22(24)23-11-5-7-13-25(23)27/h1-17H,18H2/q+1. The van der Waals surface area contributed by atoms with Gasteiger partial charge in [0.1, 0.15) is 0 Å². The van der Waals surface area contributed by atoms with Crippen LogP contribution in [-0.4, -0.2) is 0 Å². The summed E-state index contributed by atoms with van der Waals surface area (Å²) in [6.45, 7) is 0. The van der Waals surface area contributed by atoms with Crippen molar-refractivity contribution in [2.75, 3.05) is 0 Å². The number of hydrogen-bond acceptors (Lipinski definition) is 1. The summed E-state index contributed by atoms with van der Waals surface area (Å²) < 4.78 is 2.90. The maximum Gasteiger partial charge on any atom is 0.187 e. The fourth-order valence-corrected chi connectivity index (χ4v) is 6.75. The van der Waals surface area contributed by atoms with Crippen LogP contribution in [0.3, 0.4) is 0 Å². The average molecular weight is 384 g/mol. The summed E-state index contributed by atoms with van der Waals surface area (Å²) in [5, 5.41) is 2.78. The van der Waals surface area contributed by atoms with Crippen LogP contribution in [0.2, 0.25) is 0 Å². The molecule has 0 radical (unpaired) electrons. The van der Waals surface area contributed by atoms with Gasteiger partial charge in [-0.25, -0.2) is 0 Å². The third kappa shape index (κ3) is 3.16. The van der Waals surface area contributed by atoms with E-state index in [1.807, 2.05) is 11.8 Å². The van der Waals surface area contributed by atoms with Crippen LogP contribution >= 0.6 is 22.2 Å². The summed E-state index contributed by atoms with van der Waals surface area (Å²) >= 11 is 1.90. The van der Waals surface area contributed by atoms with E-state index in [0.717, 1.165) is 5.75 Å². The van der Waals surface area contributed by atoms with E-state index in [0.29, 0.717) is 0 Å². The largest absolute Gasteiger partial charge is 0.187 e. The Labute approximate surface area is 166 Å². The molecule has 0 unspecified atom stereocenters. The molecule has 130 valence electrons. The summed E-state index contributed by atoms with van der Waals surface area (Å²) in [6.07, 6.45) is 0. The average Bonchev–Trinajstić information content (AvgIpc) is 3.08. The van der Waals surface area contributed by atoms with Crippen molar-refractivity contribution in [2.24, 2.45) is 0 Å². The van der Waals surface area contributed by atoms with Gasteiger partial charge in [-0.05, 0) is 54.1 Å². The summed E-state index contributed by atoms with van der Waals surface area (Å²) in [5.74, 6) is 1.01. The molecule has 0 aliphatic heterocycles. The number of rotatable bonds is 4. The SMILES string of the molecule is c1ccc(CSc2ccc(-[s+]3c4ccccc4c4ccccc43)cc2)cc1. The van der Waals surface area contributed by atoms with Crippen molar-refractivity contribution in [1.82, 2.24) is 0 Å². The Morgan fingerprint density at radius 3 is 1.74 bits per heavy atom. The molecule has 1 aromatic heterocycles. The van der Waals surface area contributed by atoms with Gasteiger partial charge in [-0.2, -0.15) is 0 Å². The van der Waals surface area contributed by atoms with Gasteiger partial charge in [0.2, 0.25) is 0 Å². The highest BCUT2D eigenvalue weighted by Crippen LogP contribution is 2.48. The van der Waals surface area contributed by atoms with Crippen LogP contribution in [0.15, 0.2) is 108 Å². The molecule has 0 atom stereocenters. The molecule has 0 aliphatic carbocycles. The Morgan fingerprint density at radius 2 is 1.11 bits per heavy atom. The zero-order chi connectivity index (χ0) is 18.1. The Balaban J connectivity index is 1.51.